The zero-order valence-electron chi connectivity index (χ0n) is 10.7. The van der Waals surface area contributed by atoms with E-state index < -0.39 is 0 Å². The van der Waals surface area contributed by atoms with Crippen molar-refractivity contribution in [1.82, 2.24) is 5.32 Å². The summed E-state index contributed by atoms with van der Waals surface area (Å²) in [5.74, 6) is -0.200. The van der Waals surface area contributed by atoms with E-state index in [2.05, 4.69) is 21.2 Å². The average Bonchev–Trinajstić information content (AvgIpc) is 2.37. The number of methoxy groups -OCH3 is 1. The molecule has 0 aromatic heterocycles. The zero-order chi connectivity index (χ0) is 13.4. The van der Waals surface area contributed by atoms with Crippen LogP contribution in [0.4, 0.5) is 4.39 Å². The normalized spacial score (nSPS) is 12.7. The van der Waals surface area contributed by atoms with Gasteiger partial charge in [0.15, 0.2) is 0 Å². The third-order valence-electron chi connectivity index (χ3n) is 2.66. The molecule has 0 aliphatic heterocycles. The lowest BCUT2D eigenvalue weighted by molar-refractivity contribution is 0.0659. The molecule has 1 aromatic carbocycles. The second kappa shape index (κ2) is 8.58. The Labute approximate surface area is 116 Å². The molecule has 102 valence electrons. The van der Waals surface area contributed by atoms with Gasteiger partial charge in [-0.3, -0.25) is 0 Å². The number of hydrogen-bond acceptors (Lipinski definition) is 3. The molecule has 0 aliphatic rings. The predicted octanol–water partition coefficient (Wildman–Crippen LogP) is 2.90. The summed E-state index contributed by atoms with van der Waals surface area (Å²) in [5.41, 5.74) is 0.655. The SMILES string of the molecule is CNC(CCOCCOC)c1cc(Br)ccc1F. The maximum absolute atomic E-state index is 13.7. The van der Waals surface area contributed by atoms with Crippen molar-refractivity contribution in [2.75, 3.05) is 34.0 Å². The van der Waals surface area contributed by atoms with E-state index in [1.807, 2.05) is 7.05 Å². The third kappa shape index (κ3) is 5.02. The molecule has 18 heavy (non-hydrogen) atoms. The number of benzene rings is 1. The Hall–Kier alpha value is -0.490. The molecule has 0 heterocycles. The molecule has 1 rings (SSSR count). The lowest BCUT2D eigenvalue weighted by atomic mass is 10.0. The van der Waals surface area contributed by atoms with E-state index in [0.717, 1.165) is 4.47 Å². The first-order valence-electron chi connectivity index (χ1n) is 5.88. The van der Waals surface area contributed by atoms with Crippen LogP contribution >= 0.6 is 15.9 Å². The summed E-state index contributed by atoms with van der Waals surface area (Å²) in [6.07, 6.45) is 0.716. The summed E-state index contributed by atoms with van der Waals surface area (Å²) in [4.78, 5) is 0. The molecule has 1 unspecified atom stereocenters. The second-order valence-corrected chi connectivity index (χ2v) is 4.82. The van der Waals surface area contributed by atoms with Crippen LogP contribution in [0.25, 0.3) is 0 Å². The standard InChI is InChI=1S/C13H19BrFNO2/c1-16-13(5-6-18-8-7-17-2)11-9-10(14)3-4-12(11)15/h3-4,9,13,16H,5-8H2,1-2H3. The number of ether oxygens (including phenoxy) is 2. The number of nitrogens with one attached hydrogen (secondary N) is 1. The lowest BCUT2D eigenvalue weighted by Crippen LogP contribution is -2.20. The molecule has 0 saturated carbocycles. The van der Waals surface area contributed by atoms with Gasteiger partial charge in [-0.05, 0) is 31.7 Å². The van der Waals surface area contributed by atoms with Gasteiger partial charge in [0, 0.05) is 29.8 Å². The lowest BCUT2D eigenvalue weighted by Gasteiger charge is -2.17. The summed E-state index contributed by atoms with van der Waals surface area (Å²) in [6, 6.07) is 4.91. The molecule has 1 aromatic rings. The predicted molar refractivity (Wildman–Crippen MR) is 73.2 cm³/mol. The number of hydrogen-bond donors (Lipinski definition) is 1. The molecule has 0 bridgehead atoms. The van der Waals surface area contributed by atoms with Crippen molar-refractivity contribution >= 4 is 15.9 Å². The Morgan fingerprint density at radius 3 is 2.78 bits per heavy atom. The van der Waals surface area contributed by atoms with E-state index in [4.69, 9.17) is 9.47 Å². The van der Waals surface area contributed by atoms with Crippen LogP contribution < -0.4 is 5.32 Å². The van der Waals surface area contributed by atoms with Crippen molar-refractivity contribution in [2.24, 2.45) is 0 Å². The topological polar surface area (TPSA) is 30.5 Å². The van der Waals surface area contributed by atoms with Gasteiger partial charge in [0.05, 0.1) is 13.2 Å². The van der Waals surface area contributed by atoms with E-state index in [-0.39, 0.29) is 11.9 Å². The first-order chi connectivity index (χ1) is 8.69. The number of rotatable bonds is 8. The van der Waals surface area contributed by atoms with E-state index in [9.17, 15) is 4.39 Å². The van der Waals surface area contributed by atoms with Crippen LogP contribution in [0, 0.1) is 5.82 Å². The fraction of sp³-hybridized carbons (Fsp3) is 0.538. The highest BCUT2D eigenvalue weighted by Crippen LogP contribution is 2.23. The molecular formula is C13H19BrFNO2. The first-order valence-corrected chi connectivity index (χ1v) is 6.67. The molecule has 0 saturated heterocycles. The van der Waals surface area contributed by atoms with E-state index in [1.54, 1.807) is 19.2 Å². The molecular weight excluding hydrogens is 301 g/mol. The van der Waals surface area contributed by atoms with Crippen molar-refractivity contribution in [3.8, 4) is 0 Å². The minimum Gasteiger partial charge on any atom is -0.382 e. The van der Waals surface area contributed by atoms with Crippen molar-refractivity contribution < 1.29 is 13.9 Å². The van der Waals surface area contributed by atoms with Gasteiger partial charge in [0.1, 0.15) is 5.82 Å². The highest BCUT2D eigenvalue weighted by molar-refractivity contribution is 9.10. The minimum absolute atomic E-state index is 0.0509. The molecule has 0 aliphatic carbocycles. The van der Waals surface area contributed by atoms with Gasteiger partial charge in [-0.1, -0.05) is 15.9 Å². The molecule has 5 heteroatoms. The maximum atomic E-state index is 13.7. The third-order valence-corrected chi connectivity index (χ3v) is 3.16. The van der Waals surface area contributed by atoms with Crippen molar-refractivity contribution in [3.05, 3.63) is 34.1 Å². The smallest absolute Gasteiger partial charge is 0.128 e. The molecule has 0 spiro atoms. The highest BCUT2D eigenvalue weighted by atomic mass is 79.9. The van der Waals surface area contributed by atoms with Crippen LogP contribution in [0.5, 0.6) is 0 Å². The van der Waals surface area contributed by atoms with Crippen LogP contribution in [0.2, 0.25) is 0 Å². The Kier molecular flexibility index (Phi) is 7.42. The van der Waals surface area contributed by atoms with Crippen molar-refractivity contribution in [3.63, 3.8) is 0 Å². The fourth-order valence-corrected chi connectivity index (χ4v) is 2.06. The van der Waals surface area contributed by atoms with Gasteiger partial charge in [-0.2, -0.15) is 0 Å². The van der Waals surface area contributed by atoms with Gasteiger partial charge < -0.3 is 14.8 Å². The summed E-state index contributed by atoms with van der Waals surface area (Å²) in [5, 5.41) is 3.11. The fourth-order valence-electron chi connectivity index (χ4n) is 1.68. The molecule has 1 N–H and O–H groups in total. The van der Waals surface area contributed by atoms with Gasteiger partial charge >= 0.3 is 0 Å². The summed E-state index contributed by atoms with van der Waals surface area (Å²) < 4.78 is 24.9. The molecule has 3 nitrogen and oxygen atoms in total. The van der Waals surface area contributed by atoms with Crippen molar-refractivity contribution in [1.29, 1.82) is 0 Å². The van der Waals surface area contributed by atoms with Gasteiger partial charge in [0.25, 0.3) is 0 Å². The summed E-state index contributed by atoms with van der Waals surface area (Å²) >= 11 is 3.35. The van der Waals surface area contributed by atoms with Gasteiger partial charge in [-0.15, -0.1) is 0 Å². The van der Waals surface area contributed by atoms with Gasteiger partial charge in [-0.25, -0.2) is 4.39 Å². The number of halogens is 2. The Balaban J connectivity index is 2.52. The second-order valence-electron chi connectivity index (χ2n) is 3.90. The van der Waals surface area contributed by atoms with Crippen LogP contribution in [0.15, 0.2) is 22.7 Å². The van der Waals surface area contributed by atoms with Crippen molar-refractivity contribution in [2.45, 2.75) is 12.5 Å². The quantitative estimate of drug-likeness (QED) is 0.747. The first kappa shape index (κ1) is 15.6. The molecule has 1 atom stereocenters. The Morgan fingerprint density at radius 1 is 1.33 bits per heavy atom. The average molecular weight is 320 g/mol. The Morgan fingerprint density at radius 2 is 2.11 bits per heavy atom. The van der Waals surface area contributed by atoms with E-state index >= 15 is 0 Å². The summed E-state index contributed by atoms with van der Waals surface area (Å²) in [6.45, 7) is 1.71. The monoisotopic (exact) mass is 319 g/mol. The minimum atomic E-state index is -0.200. The van der Waals surface area contributed by atoms with Crippen LogP contribution in [0.3, 0.4) is 0 Å². The summed E-state index contributed by atoms with van der Waals surface area (Å²) in [7, 11) is 3.46. The van der Waals surface area contributed by atoms with Gasteiger partial charge in [0.2, 0.25) is 0 Å². The Bertz CT molecular complexity index is 363. The van der Waals surface area contributed by atoms with Crippen LogP contribution in [0.1, 0.15) is 18.0 Å². The van der Waals surface area contributed by atoms with E-state index in [0.29, 0.717) is 31.8 Å². The molecule has 0 fully saturated rings. The largest absolute Gasteiger partial charge is 0.382 e. The molecule has 0 radical (unpaired) electrons. The zero-order valence-corrected chi connectivity index (χ0v) is 12.3. The van der Waals surface area contributed by atoms with Crippen LogP contribution in [-0.2, 0) is 9.47 Å². The highest BCUT2D eigenvalue weighted by Gasteiger charge is 2.14. The maximum Gasteiger partial charge on any atom is 0.128 e. The van der Waals surface area contributed by atoms with Crippen LogP contribution in [-0.4, -0.2) is 34.0 Å². The molecule has 0 amide bonds. The van der Waals surface area contributed by atoms with E-state index in [1.165, 1.54) is 6.07 Å².